The number of rotatable bonds is 7. The molecule has 0 bridgehead atoms. The highest BCUT2D eigenvalue weighted by Gasteiger charge is 2.67. The molecule has 148 valence electrons. The van der Waals surface area contributed by atoms with Gasteiger partial charge in [0.1, 0.15) is 4.87 Å². The van der Waals surface area contributed by atoms with E-state index in [0.29, 0.717) is 5.02 Å². The summed E-state index contributed by atoms with van der Waals surface area (Å²) >= 11 is 6.13. The van der Waals surface area contributed by atoms with Gasteiger partial charge in [-0.25, -0.2) is 0 Å². The molecule has 3 aromatic carbocycles. The van der Waals surface area contributed by atoms with Crippen LogP contribution in [0.3, 0.4) is 0 Å². The number of anilines is 1. The number of halogens is 1. The summed E-state index contributed by atoms with van der Waals surface area (Å²) in [6.07, 6.45) is 3.47. The molecule has 1 heterocycles. The predicted octanol–water partition coefficient (Wildman–Crippen LogP) is 6.68. The highest BCUT2D eigenvalue weighted by atomic mass is 35.5. The average Bonchev–Trinajstić information content (AvgIpc) is 3.43. The Morgan fingerprint density at radius 3 is 2.31 bits per heavy atom. The molecule has 0 radical (unpaired) electrons. The third kappa shape index (κ3) is 3.65. The lowest BCUT2D eigenvalue weighted by atomic mass is 10.1. The number of nitrogens with zero attached hydrogens (tertiary/aromatic N) is 1. The molecule has 0 aliphatic carbocycles. The number of benzene rings is 3. The minimum atomic E-state index is -1.21. The average molecular weight is 422 g/mol. The summed E-state index contributed by atoms with van der Waals surface area (Å²) < 4.78 is 14.0. The van der Waals surface area contributed by atoms with Gasteiger partial charge in [-0.15, -0.1) is 6.58 Å². The Hall–Kier alpha value is -2.36. The quantitative estimate of drug-likeness (QED) is 0.313. The molecule has 3 aromatic rings. The summed E-state index contributed by atoms with van der Waals surface area (Å²) in [6, 6.07) is 26.2. The van der Waals surface area contributed by atoms with Gasteiger partial charge < -0.3 is 4.90 Å². The summed E-state index contributed by atoms with van der Waals surface area (Å²) in [5, 5.41) is 0.706. The first-order valence-electron chi connectivity index (χ1n) is 9.77. The molecular weight excluding hydrogens is 398 g/mol. The highest BCUT2D eigenvalue weighted by molar-refractivity contribution is 7.87. The molecule has 1 aliphatic rings. The molecule has 0 saturated carbocycles. The molecule has 0 aromatic heterocycles. The second-order valence-electron chi connectivity index (χ2n) is 7.41. The largest absolute Gasteiger partial charge is 0.342 e. The number of allylic oxidation sites excluding steroid dienone is 1. The van der Waals surface area contributed by atoms with Crippen molar-refractivity contribution in [1.29, 1.82) is 0 Å². The minimum Gasteiger partial charge on any atom is -0.342 e. The van der Waals surface area contributed by atoms with Crippen LogP contribution in [0, 0.1) is 6.92 Å². The molecule has 3 atom stereocenters. The maximum Gasteiger partial charge on any atom is 0.146 e. The normalized spacial score (nSPS) is 21.6. The van der Waals surface area contributed by atoms with E-state index in [0.717, 1.165) is 34.6 Å². The van der Waals surface area contributed by atoms with Crippen molar-refractivity contribution in [2.75, 3.05) is 4.90 Å². The number of para-hydroxylation sites is 1. The zero-order chi connectivity index (χ0) is 20.4. The second-order valence-corrected chi connectivity index (χ2v) is 9.57. The van der Waals surface area contributed by atoms with Gasteiger partial charge >= 0.3 is 0 Å². The smallest absolute Gasteiger partial charge is 0.146 e. The summed E-state index contributed by atoms with van der Waals surface area (Å²) in [4.78, 5) is 2.64. The van der Waals surface area contributed by atoms with Gasteiger partial charge in [0, 0.05) is 15.6 Å². The molecule has 4 heteroatoms. The SMILES string of the molecule is C=CCC[C@@]1(S(=O)c2ccc(C)cc2)[C@@H](c2ccc(Cl)cc2)N1c1ccccc1. The fourth-order valence-electron chi connectivity index (χ4n) is 4.04. The van der Waals surface area contributed by atoms with E-state index in [9.17, 15) is 4.21 Å². The molecule has 4 rings (SSSR count). The van der Waals surface area contributed by atoms with Crippen LogP contribution in [0.15, 0.2) is 96.4 Å². The molecular formula is C25H24ClNOS. The third-order valence-electron chi connectivity index (χ3n) is 5.51. The predicted molar refractivity (Wildman–Crippen MR) is 123 cm³/mol. The van der Waals surface area contributed by atoms with E-state index in [1.165, 1.54) is 0 Å². The Labute approximate surface area is 180 Å². The molecule has 2 nitrogen and oxygen atoms in total. The number of aryl methyl sites for hydroxylation is 1. The Morgan fingerprint density at radius 1 is 1.03 bits per heavy atom. The lowest BCUT2D eigenvalue weighted by molar-refractivity contribution is 0.650. The van der Waals surface area contributed by atoms with E-state index in [4.69, 9.17) is 11.6 Å². The van der Waals surface area contributed by atoms with Crippen LogP contribution in [0.25, 0.3) is 0 Å². The van der Waals surface area contributed by atoms with Gasteiger partial charge in [0.15, 0.2) is 0 Å². The van der Waals surface area contributed by atoms with Gasteiger partial charge in [0.05, 0.1) is 16.8 Å². The van der Waals surface area contributed by atoms with Gasteiger partial charge in [-0.1, -0.05) is 65.7 Å². The molecule has 0 amide bonds. The van der Waals surface area contributed by atoms with E-state index >= 15 is 0 Å². The van der Waals surface area contributed by atoms with E-state index in [-0.39, 0.29) is 6.04 Å². The van der Waals surface area contributed by atoms with Crippen molar-refractivity contribution < 1.29 is 4.21 Å². The van der Waals surface area contributed by atoms with Gasteiger partial charge in [0.2, 0.25) is 0 Å². The maximum atomic E-state index is 14.0. The summed E-state index contributed by atoms with van der Waals surface area (Å²) in [5.41, 5.74) is 3.37. The lowest BCUT2D eigenvalue weighted by Crippen LogP contribution is -2.25. The zero-order valence-electron chi connectivity index (χ0n) is 16.4. The van der Waals surface area contributed by atoms with Crippen molar-refractivity contribution >= 4 is 28.1 Å². The molecule has 0 N–H and O–H groups in total. The van der Waals surface area contributed by atoms with Crippen molar-refractivity contribution in [2.45, 2.75) is 35.6 Å². The first-order valence-corrected chi connectivity index (χ1v) is 11.3. The van der Waals surface area contributed by atoms with E-state index < -0.39 is 15.7 Å². The number of hydrogen-bond acceptors (Lipinski definition) is 2. The highest BCUT2D eigenvalue weighted by Crippen LogP contribution is 2.61. The fourth-order valence-corrected chi connectivity index (χ4v) is 6.04. The summed E-state index contributed by atoms with van der Waals surface area (Å²) in [7, 11) is -1.21. The summed E-state index contributed by atoms with van der Waals surface area (Å²) in [5.74, 6) is 0. The Kier molecular flexibility index (Phi) is 5.62. The standard InChI is InChI=1S/C25H24ClNOS/c1-3-4-18-25(29(28)23-16-10-19(2)11-17-23)24(20-12-14-21(26)15-13-20)27(25)22-8-6-5-7-9-22/h3,5-17,24H,1,4,18H2,2H3/t24-,25-,27?,29?/m1/s1. The summed E-state index contributed by atoms with van der Waals surface area (Å²) in [6.45, 7) is 5.95. The Balaban J connectivity index is 1.83. The Bertz CT molecular complexity index is 1020. The molecule has 1 saturated heterocycles. The van der Waals surface area contributed by atoms with E-state index in [2.05, 4.69) is 23.6 Å². The van der Waals surface area contributed by atoms with Crippen LogP contribution < -0.4 is 4.90 Å². The van der Waals surface area contributed by atoms with Crippen LogP contribution in [-0.2, 0) is 10.8 Å². The Morgan fingerprint density at radius 2 is 1.69 bits per heavy atom. The minimum absolute atomic E-state index is 0.0178. The van der Waals surface area contributed by atoms with E-state index in [1.54, 1.807) is 0 Å². The lowest BCUT2D eigenvalue weighted by Gasteiger charge is -2.18. The van der Waals surface area contributed by atoms with Gasteiger partial charge in [-0.05, 0) is 61.7 Å². The van der Waals surface area contributed by atoms with Crippen LogP contribution in [0.2, 0.25) is 5.02 Å². The van der Waals surface area contributed by atoms with Gasteiger partial charge in [-0.3, -0.25) is 4.21 Å². The van der Waals surface area contributed by atoms with E-state index in [1.807, 2.05) is 79.7 Å². The first kappa shape index (κ1) is 19.9. The van der Waals surface area contributed by atoms with Crippen molar-refractivity contribution in [2.24, 2.45) is 0 Å². The zero-order valence-corrected chi connectivity index (χ0v) is 18.0. The molecule has 0 spiro atoms. The topological polar surface area (TPSA) is 20.1 Å². The van der Waals surface area contributed by atoms with Crippen LogP contribution in [0.5, 0.6) is 0 Å². The number of hydrogen-bond donors (Lipinski definition) is 0. The monoisotopic (exact) mass is 421 g/mol. The molecule has 1 aliphatic heterocycles. The van der Waals surface area contributed by atoms with Crippen molar-refractivity contribution in [3.05, 3.63) is 108 Å². The van der Waals surface area contributed by atoms with Gasteiger partial charge in [-0.2, -0.15) is 0 Å². The third-order valence-corrected chi connectivity index (χ3v) is 7.73. The van der Waals surface area contributed by atoms with Crippen LogP contribution in [0.4, 0.5) is 5.69 Å². The van der Waals surface area contributed by atoms with Crippen LogP contribution >= 0.6 is 11.6 Å². The maximum absolute atomic E-state index is 14.0. The molecule has 29 heavy (non-hydrogen) atoms. The van der Waals surface area contributed by atoms with Crippen molar-refractivity contribution in [3.8, 4) is 0 Å². The molecule has 1 fully saturated rings. The van der Waals surface area contributed by atoms with Crippen molar-refractivity contribution in [3.63, 3.8) is 0 Å². The van der Waals surface area contributed by atoms with Gasteiger partial charge in [0.25, 0.3) is 0 Å². The van der Waals surface area contributed by atoms with Crippen molar-refractivity contribution in [1.82, 2.24) is 0 Å². The molecule has 1 unspecified atom stereocenters. The van der Waals surface area contributed by atoms with Crippen LogP contribution in [0.1, 0.15) is 30.0 Å². The first-order chi connectivity index (χ1) is 14.1. The second kappa shape index (κ2) is 8.17. The van der Waals surface area contributed by atoms with Crippen LogP contribution in [-0.4, -0.2) is 9.08 Å². The fraction of sp³-hybridized carbons (Fsp3) is 0.200.